The van der Waals surface area contributed by atoms with Crippen LogP contribution >= 0.6 is 11.3 Å². The van der Waals surface area contributed by atoms with Gasteiger partial charge in [-0.1, -0.05) is 0 Å². The van der Waals surface area contributed by atoms with E-state index in [1.807, 2.05) is 0 Å². The number of nitrogens with zero attached hydrogens (tertiary/aromatic N) is 1. The molecule has 7 nitrogen and oxygen atoms in total. The van der Waals surface area contributed by atoms with Gasteiger partial charge in [0.1, 0.15) is 5.76 Å². The lowest BCUT2D eigenvalue weighted by molar-refractivity contribution is -0.120. The third kappa shape index (κ3) is 4.21. The fourth-order valence-corrected chi connectivity index (χ4v) is 3.33. The second-order valence-corrected chi connectivity index (χ2v) is 6.62. The predicted molar refractivity (Wildman–Crippen MR) is 91.3 cm³/mol. The van der Waals surface area contributed by atoms with Gasteiger partial charge in [0, 0.05) is 18.0 Å². The Labute approximate surface area is 143 Å². The van der Waals surface area contributed by atoms with Crippen molar-refractivity contribution in [3.8, 4) is 0 Å². The number of carbonyl (C=O) groups excluding carboxylic acids is 2. The van der Waals surface area contributed by atoms with Crippen LogP contribution in [-0.4, -0.2) is 35.9 Å². The molecule has 0 aliphatic carbocycles. The Morgan fingerprint density at radius 1 is 1.50 bits per heavy atom. The summed E-state index contributed by atoms with van der Waals surface area (Å²) in [6, 6.07) is 1.99. The molecule has 1 unspecified atom stereocenters. The SMILES string of the molecule is Cc1occc1C(=O)Nc1nc(CC(=O)NCC2CCCN2)cs1. The number of aromatic nitrogens is 1. The van der Waals surface area contributed by atoms with Crippen molar-refractivity contribution < 1.29 is 14.0 Å². The molecule has 3 N–H and O–H groups in total. The largest absolute Gasteiger partial charge is 0.469 e. The summed E-state index contributed by atoms with van der Waals surface area (Å²) in [5.74, 6) is 0.237. The normalized spacial score (nSPS) is 17.0. The van der Waals surface area contributed by atoms with E-state index in [-0.39, 0.29) is 18.2 Å². The van der Waals surface area contributed by atoms with E-state index in [1.165, 1.54) is 17.6 Å². The molecule has 128 valence electrons. The topological polar surface area (TPSA) is 96.3 Å². The second kappa shape index (κ2) is 7.59. The van der Waals surface area contributed by atoms with Gasteiger partial charge in [0.2, 0.25) is 5.91 Å². The number of carbonyl (C=O) groups is 2. The number of hydrogen-bond donors (Lipinski definition) is 3. The molecule has 1 atom stereocenters. The third-order valence-electron chi connectivity index (χ3n) is 3.93. The molecule has 0 bridgehead atoms. The van der Waals surface area contributed by atoms with Crippen molar-refractivity contribution in [3.63, 3.8) is 0 Å². The maximum atomic E-state index is 12.1. The zero-order valence-corrected chi connectivity index (χ0v) is 14.2. The Kier molecular flexibility index (Phi) is 5.27. The maximum absolute atomic E-state index is 12.1. The summed E-state index contributed by atoms with van der Waals surface area (Å²) in [7, 11) is 0. The highest BCUT2D eigenvalue weighted by Crippen LogP contribution is 2.18. The van der Waals surface area contributed by atoms with Crippen molar-refractivity contribution in [2.75, 3.05) is 18.4 Å². The van der Waals surface area contributed by atoms with Crippen molar-refractivity contribution >= 4 is 28.3 Å². The van der Waals surface area contributed by atoms with Gasteiger partial charge in [-0.25, -0.2) is 4.98 Å². The summed E-state index contributed by atoms with van der Waals surface area (Å²) in [6.45, 7) is 3.39. The van der Waals surface area contributed by atoms with E-state index in [0.29, 0.717) is 34.7 Å². The predicted octanol–water partition coefficient (Wildman–Crippen LogP) is 1.71. The maximum Gasteiger partial charge on any atom is 0.260 e. The molecule has 1 aliphatic heterocycles. The molecule has 2 aromatic heterocycles. The fourth-order valence-electron chi connectivity index (χ4n) is 2.63. The van der Waals surface area contributed by atoms with E-state index in [0.717, 1.165) is 19.4 Å². The summed E-state index contributed by atoms with van der Waals surface area (Å²) >= 11 is 1.30. The van der Waals surface area contributed by atoms with Crippen LogP contribution in [0.3, 0.4) is 0 Å². The van der Waals surface area contributed by atoms with E-state index in [2.05, 4.69) is 20.9 Å². The highest BCUT2D eigenvalue weighted by Gasteiger charge is 2.16. The van der Waals surface area contributed by atoms with Gasteiger partial charge >= 0.3 is 0 Å². The first-order chi connectivity index (χ1) is 11.6. The first kappa shape index (κ1) is 16.7. The van der Waals surface area contributed by atoms with Crippen molar-refractivity contribution in [2.24, 2.45) is 0 Å². The van der Waals surface area contributed by atoms with Crippen LogP contribution in [-0.2, 0) is 11.2 Å². The molecule has 24 heavy (non-hydrogen) atoms. The molecule has 1 aliphatic rings. The molecule has 3 rings (SSSR count). The smallest absolute Gasteiger partial charge is 0.260 e. The van der Waals surface area contributed by atoms with E-state index in [1.54, 1.807) is 18.4 Å². The number of furan rings is 1. The number of amides is 2. The van der Waals surface area contributed by atoms with Gasteiger partial charge in [-0.2, -0.15) is 0 Å². The Balaban J connectivity index is 1.49. The standard InChI is InChI=1S/C16H20N4O3S/c1-10-13(4-6-23-10)15(22)20-16-19-12(9-24-16)7-14(21)18-8-11-3-2-5-17-11/h4,6,9,11,17H,2-3,5,7-8H2,1H3,(H,18,21)(H,19,20,22). The van der Waals surface area contributed by atoms with Gasteiger partial charge in [-0.05, 0) is 32.4 Å². The number of aryl methyl sites for hydroxylation is 1. The molecule has 2 amide bonds. The van der Waals surface area contributed by atoms with Crippen LogP contribution in [0.2, 0.25) is 0 Å². The average molecular weight is 348 g/mol. The molecular formula is C16H20N4O3S. The van der Waals surface area contributed by atoms with Gasteiger partial charge in [0.25, 0.3) is 5.91 Å². The van der Waals surface area contributed by atoms with Gasteiger partial charge in [-0.15, -0.1) is 11.3 Å². The summed E-state index contributed by atoms with van der Waals surface area (Å²) < 4.78 is 5.11. The van der Waals surface area contributed by atoms with Crippen molar-refractivity contribution in [3.05, 3.63) is 34.7 Å². The Bertz CT molecular complexity index is 718. The highest BCUT2D eigenvalue weighted by molar-refractivity contribution is 7.14. The summed E-state index contributed by atoms with van der Waals surface area (Å²) in [5.41, 5.74) is 1.13. The number of hydrogen-bond acceptors (Lipinski definition) is 6. The lowest BCUT2D eigenvalue weighted by Gasteiger charge is -2.10. The lowest BCUT2D eigenvalue weighted by atomic mass is 10.2. The fraction of sp³-hybridized carbons (Fsp3) is 0.438. The van der Waals surface area contributed by atoms with E-state index >= 15 is 0 Å². The third-order valence-corrected chi connectivity index (χ3v) is 4.73. The highest BCUT2D eigenvalue weighted by atomic mass is 32.1. The molecule has 0 radical (unpaired) electrons. The summed E-state index contributed by atoms with van der Waals surface area (Å²) in [5, 5.41) is 11.2. The molecular weight excluding hydrogens is 328 g/mol. The molecule has 0 aromatic carbocycles. The average Bonchev–Trinajstić information content (AvgIpc) is 3.27. The number of thiazole rings is 1. The minimum absolute atomic E-state index is 0.0578. The number of rotatable bonds is 6. The van der Waals surface area contributed by atoms with Crippen LogP contribution in [0.1, 0.15) is 34.7 Å². The molecule has 2 aromatic rings. The zero-order chi connectivity index (χ0) is 16.9. The van der Waals surface area contributed by atoms with Crippen LogP contribution < -0.4 is 16.0 Å². The zero-order valence-electron chi connectivity index (χ0n) is 13.4. The van der Waals surface area contributed by atoms with E-state index in [4.69, 9.17) is 4.42 Å². The second-order valence-electron chi connectivity index (χ2n) is 5.76. The van der Waals surface area contributed by atoms with Crippen LogP contribution in [0.15, 0.2) is 22.1 Å². The molecule has 8 heteroatoms. The molecule has 0 saturated carbocycles. The number of anilines is 1. The summed E-state index contributed by atoms with van der Waals surface area (Å²) in [6.07, 6.45) is 3.94. The quantitative estimate of drug-likeness (QED) is 0.738. The van der Waals surface area contributed by atoms with Gasteiger partial charge in [0.05, 0.1) is 23.9 Å². The lowest BCUT2D eigenvalue weighted by Crippen LogP contribution is -2.37. The minimum atomic E-state index is -0.265. The first-order valence-electron chi connectivity index (χ1n) is 7.92. The van der Waals surface area contributed by atoms with Crippen LogP contribution in [0.5, 0.6) is 0 Å². The molecule has 1 saturated heterocycles. The van der Waals surface area contributed by atoms with E-state index < -0.39 is 0 Å². The van der Waals surface area contributed by atoms with Crippen LogP contribution in [0.4, 0.5) is 5.13 Å². The van der Waals surface area contributed by atoms with Crippen molar-refractivity contribution in [1.82, 2.24) is 15.6 Å². The molecule has 3 heterocycles. The molecule has 0 spiro atoms. The van der Waals surface area contributed by atoms with Gasteiger partial charge in [0.15, 0.2) is 5.13 Å². The van der Waals surface area contributed by atoms with Crippen molar-refractivity contribution in [1.29, 1.82) is 0 Å². The van der Waals surface area contributed by atoms with Crippen LogP contribution in [0.25, 0.3) is 0 Å². The van der Waals surface area contributed by atoms with E-state index in [9.17, 15) is 9.59 Å². The van der Waals surface area contributed by atoms with Gasteiger partial charge < -0.3 is 15.1 Å². The molecule has 1 fully saturated rings. The summed E-state index contributed by atoms with van der Waals surface area (Å²) in [4.78, 5) is 28.3. The Hall–Kier alpha value is -2.19. The minimum Gasteiger partial charge on any atom is -0.469 e. The van der Waals surface area contributed by atoms with Gasteiger partial charge in [-0.3, -0.25) is 14.9 Å². The van der Waals surface area contributed by atoms with Crippen molar-refractivity contribution in [2.45, 2.75) is 32.2 Å². The number of nitrogens with one attached hydrogen (secondary N) is 3. The monoisotopic (exact) mass is 348 g/mol. The van der Waals surface area contributed by atoms with Crippen LogP contribution in [0, 0.1) is 6.92 Å². The first-order valence-corrected chi connectivity index (χ1v) is 8.79. The Morgan fingerprint density at radius 3 is 3.08 bits per heavy atom. The Morgan fingerprint density at radius 2 is 2.38 bits per heavy atom.